The van der Waals surface area contributed by atoms with Crippen molar-refractivity contribution in [3.63, 3.8) is 0 Å². The molecule has 1 N–H and O–H groups in total. The van der Waals surface area contributed by atoms with Gasteiger partial charge >= 0.3 is 0 Å². The smallest absolute Gasteiger partial charge is 0.193 e. The molecule has 3 nitrogen and oxygen atoms in total. The molecule has 0 bridgehead atoms. The van der Waals surface area contributed by atoms with Gasteiger partial charge in [0.25, 0.3) is 0 Å². The average Bonchev–Trinajstić information content (AvgIpc) is 2.59. The molecule has 3 heteroatoms. The maximum absolute atomic E-state index is 12.8. The molecule has 1 heterocycles. The highest BCUT2D eigenvalue weighted by molar-refractivity contribution is 6.09. The van der Waals surface area contributed by atoms with E-state index in [1.165, 1.54) is 0 Å². The molecule has 1 aliphatic heterocycles. The Morgan fingerprint density at radius 2 is 1.30 bits per heavy atom. The normalized spacial score (nSPS) is 18.8. The van der Waals surface area contributed by atoms with Crippen LogP contribution >= 0.6 is 0 Å². The molecule has 1 saturated heterocycles. The van der Waals surface area contributed by atoms with Crippen LogP contribution < -0.4 is 5.32 Å². The van der Waals surface area contributed by atoms with Crippen LogP contribution in [0.5, 0.6) is 0 Å². The molecule has 3 rings (SSSR count). The van der Waals surface area contributed by atoms with Crippen molar-refractivity contribution in [2.45, 2.75) is 58.0 Å². The van der Waals surface area contributed by atoms with Crippen molar-refractivity contribution < 1.29 is 9.59 Å². The second kappa shape index (κ2) is 7.40. The molecular formula is C24H29NO2. The third kappa shape index (κ3) is 4.92. The summed E-state index contributed by atoms with van der Waals surface area (Å²) in [7, 11) is 0. The van der Waals surface area contributed by atoms with E-state index in [0.29, 0.717) is 29.0 Å². The van der Waals surface area contributed by atoms with Gasteiger partial charge in [0, 0.05) is 34.2 Å². The first-order valence-corrected chi connectivity index (χ1v) is 9.68. The summed E-state index contributed by atoms with van der Waals surface area (Å²) in [6.45, 7) is 8.81. The van der Waals surface area contributed by atoms with Gasteiger partial charge in [-0.15, -0.1) is 0 Å². The number of carbonyl (C=O) groups is 2. The molecule has 0 spiro atoms. The standard InChI is InChI=1S/C24H29NO2/c1-23(2)15-17(16-24(3,4)25-23)14-21(26)18-10-12-20(13-11-18)22(27)19-8-6-5-7-9-19/h5-13,17,25H,14-16H2,1-4H3. The second-order valence-corrected chi connectivity index (χ2v) is 9.07. The Labute approximate surface area is 162 Å². The maximum atomic E-state index is 12.8. The van der Waals surface area contributed by atoms with Crippen LogP contribution in [0.2, 0.25) is 0 Å². The molecule has 0 amide bonds. The summed E-state index contributed by atoms with van der Waals surface area (Å²) in [4.78, 5) is 25.3. The lowest BCUT2D eigenvalue weighted by molar-refractivity contribution is 0.0863. The minimum absolute atomic E-state index is 0.0172. The average molecular weight is 364 g/mol. The van der Waals surface area contributed by atoms with Crippen LogP contribution in [0.4, 0.5) is 0 Å². The zero-order valence-electron chi connectivity index (χ0n) is 16.7. The zero-order chi connectivity index (χ0) is 19.7. The van der Waals surface area contributed by atoms with Crippen molar-refractivity contribution in [2.24, 2.45) is 5.92 Å². The molecular weight excluding hydrogens is 334 g/mol. The minimum Gasteiger partial charge on any atom is -0.307 e. The molecule has 27 heavy (non-hydrogen) atoms. The van der Waals surface area contributed by atoms with E-state index in [4.69, 9.17) is 0 Å². The number of nitrogens with one attached hydrogen (secondary N) is 1. The monoisotopic (exact) mass is 363 g/mol. The number of Topliss-reactive ketones (excluding diaryl/α,β-unsaturated/α-hetero) is 1. The van der Waals surface area contributed by atoms with Crippen molar-refractivity contribution in [1.29, 1.82) is 0 Å². The van der Waals surface area contributed by atoms with Gasteiger partial charge in [0.05, 0.1) is 0 Å². The molecule has 0 radical (unpaired) electrons. The number of ketones is 2. The number of carbonyl (C=O) groups excluding carboxylic acids is 2. The Bertz CT molecular complexity index is 803. The quantitative estimate of drug-likeness (QED) is 0.756. The van der Waals surface area contributed by atoms with Crippen LogP contribution in [-0.2, 0) is 0 Å². The summed E-state index contributed by atoms with van der Waals surface area (Å²) in [6.07, 6.45) is 2.54. The minimum atomic E-state index is -0.0172. The molecule has 2 aromatic rings. The third-order valence-corrected chi connectivity index (χ3v) is 5.25. The van der Waals surface area contributed by atoms with E-state index in [0.717, 1.165) is 12.8 Å². The van der Waals surface area contributed by atoms with Crippen LogP contribution in [0.15, 0.2) is 54.6 Å². The van der Waals surface area contributed by atoms with E-state index < -0.39 is 0 Å². The van der Waals surface area contributed by atoms with E-state index in [2.05, 4.69) is 33.0 Å². The molecule has 0 saturated carbocycles. The SMILES string of the molecule is CC1(C)CC(CC(=O)c2ccc(C(=O)c3ccccc3)cc2)CC(C)(C)N1. The van der Waals surface area contributed by atoms with Gasteiger partial charge in [-0.1, -0.05) is 54.6 Å². The number of hydrogen-bond acceptors (Lipinski definition) is 3. The van der Waals surface area contributed by atoms with Gasteiger partial charge in [-0.25, -0.2) is 0 Å². The van der Waals surface area contributed by atoms with Crippen LogP contribution in [0.1, 0.15) is 73.2 Å². The number of hydrogen-bond donors (Lipinski definition) is 1. The third-order valence-electron chi connectivity index (χ3n) is 5.25. The van der Waals surface area contributed by atoms with Gasteiger partial charge in [-0.2, -0.15) is 0 Å². The fourth-order valence-electron chi connectivity index (χ4n) is 4.62. The molecule has 0 aliphatic carbocycles. The summed E-state index contributed by atoms with van der Waals surface area (Å²) in [5.74, 6) is 0.512. The van der Waals surface area contributed by atoms with Gasteiger partial charge in [0.2, 0.25) is 0 Å². The predicted octanol–water partition coefficient (Wildman–Crippen LogP) is 5.05. The lowest BCUT2D eigenvalue weighted by Crippen LogP contribution is -2.57. The van der Waals surface area contributed by atoms with E-state index in [-0.39, 0.29) is 22.6 Å². The van der Waals surface area contributed by atoms with Crippen molar-refractivity contribution in [3.8, 4) is 0 Å². The summed E-state index contributed by atoms with van der Waals surface area (Å²) in [5, 5.41) is 3.66. The highest BCUT2D eigenvalue weighted by Gasteiger charge is 2.38. The van der Waals surface area contributed by atoms with E-state index >= 15 is 0 Å². The van der Waals surface area contributed by atoms with Gasteiger partial charge in [0.1, 0.15) is 0 Å². The van der Waals surface area contributed by atoms with Crippen LogP contribution in [0.3, 0.4) is 0 Å². The van der Waals surface area contributed by atoms with Crippen molar-refractivity contribution in [3.05, 3.63) is 71.3 Å². The van der Waals surface area contributed by atoms with Crippen LogP contribution in [0.25, 0.3) is 0 Å². The second-order valence-electron chi connectivity index (χ2n) is 9.07. The molecule has 2 aromatic carbocycles. The molecule has 0 aromatic heterocycles. The first-order valence-electron chi connectivity index (χ1n) is 9.68. The van der Waals surface area contributed by atoms with E-state index in [9.17, 15) is 9.59 Å². The molecule has 0 unspecified atom stereocenters. The number of benzene rings is 2. The molecule has 1 fully saturated rings. The lowest BCUT2D eigenvalue weighted by Gasteiger charge is -2.46. The fraction of sp³-hybridized carbons (Fsp3) is 0.417. The molecule has 142 valence electrons. The van der Waals surface area contributed by atoms with E-state index in [1.807, 2.05) is 30.3 Å². The predicted molar refractivity (Wildman–Crippen MR) is 109 cm³/mol. The highest BCUT2D eigenvalue weighted by Crippen LogP contribution is 2.35. The Kier molecular flexibility index (Phi) is 5.34. The number of rotatable bonds is 5. The molecule has 0 atom stereocenters. The van der Waals surface area contributed by atoms with Crippen molar-refractivity contribution in [2.75, 3.05) is 0 Å². The highest BCUT2D eigenvalue weighted by atomic mass is 16.1. The lowest BCUT2D eigenvalue weighted by atomic mass is 9.74. The molecule has 1 aliphatic rings. The van der Waals surface area contributed by atoms with Crippen molar-refractivity contribution >= 4 is 11.6 Å². The van der Waals surface area contributed by atoms with Crippen molar-refractivity contribution in [1.82, 2.24) is 5.32 Å². The Hall–Kier alpha value is -2.26. The summed E-state index contributed by atoms with van der Waals surface area (Å²) >= 11 is 0. The van der Waals surface area contributed by atoms with Gasteiger partial charge in [-0.3, -0.25) is 9.59 Å². The number of piperidine rings is 1. The summed E-state index contributed by atoms with van der Waals surface area (Å²) in [6, 6.07) is 16.3. The summed E-state index contributed by atoms with van der Waals surface area (Å²) in [5.41, 5.74) is 2.04. The van der Waals surface area contributed by atoms with E-state index in [1.54, 1.807) is 24.3 Å². The largest absolute Gasteiger partial charge is 0.307 e. The van der Waals surface area contributed by atoms with Gasteiger partial charge < -0.3 is 5.32 Å². The topological polar surface area (TPSA) is 46.2 Å². The fourth-order valence-corrected chi connectivity index (χ4v) is 4.62. The summed E-state index contributed by atoms with van der Waals surface area (Å²) < 4.78 is 0. The van der Waals surface area contributed by atoms with Gasteiger partial charge in [-0.05, 0) is 46.5 Å². The zero-order valence-corrected chi connectivity index (χ0v) is 16.7. The first kappa shape index (κ1) is 19.5. The first-order chi connectivity index (χ1) is 12.7. The Morgan fingerprint density at radius 1 is 0.815 bits per heavy atom. The Morgan fingerprint density at radius 3 is 1.85 bits per heavy atom. The van der Waals surface area contributed by atoms with Crippen LogP contribution in [-0.4, -0.2) is 22.6 Å². The Balaban J connectivity index is 1.68. The van der Waals surface area contributed by atoms with Crippen LogP contribution in [0, 0.1) is 5.92 Å². The maximum Gasteiger partial charge on any atom is 0.193 e. The van der Waals surface area contributed by atoms with Gasteiger partial charge in [0.15, 0.2) is 11.6 Å².